The van der Waals surface area contributed by atoms with Crippen molar-refractivity contribution in [2.45, 2.75) is 79.8 Å². The molecule has 0 radical (unpaired) electrons. The SMILES string of the molecule is CC(Cc1nc2cc(C/C=C/NO)ccc2n1CCCNC(C)C)CC(C)(C)C. The predicted molar refractivity (Wildman–Crippen MR) is 122 cm³/mol. The fourth-order valence-corrected chi connectivity index (χ4v) is 4.06. The van der Waals surface area contributed by atoms with Crippen LogP contribution in [0.2, 0.25) is 0 Å². The summed E-state index contributed by atoms with van der Waals surface area (Å²) in [5, 5.41) is 12.2. The summed E-state index contributed by atoms with van der Waals surface area (Å²) in [4.78, 5) is 5.04. The summed E-state index contributed by atoms with van der Waals surface area (Å²) in [7, 11) is 0. The van der Waals surface area contributed by atoms with Crippen molar-refractivity contribution < 1.29 is 5.21 Å². The number of hydroxylamine groups is 1. The second-order valence-electron chi connectivity index (χ2n) is 9.77. The van der Waals surface area contributed by atoms with Gasteiger partial charge in [0.05, 0.1) is 11.0 Å². The Hall–Kier alpha value is -1.85. The van der Waals surface area contributed by atoms with E-state index in [0.717, 1.165) is 37.9 Å². The Labute approximate surface area is 176 Å². The third-order valence-corrected chi connectivity index (χ3v) is 5.04. The van der Waals surface area contributed by atoms with Crippen LogP contribution in [-0.4, -0.2) is 27.3 Å². The van der Waals surface area contributed by atoms with Crippen molar-refractivity contribution in [3.8, 4) is 0 Å². The highest BCUT2D eigenvalue weighted by molar-refractivity contribution is 5.77. The molecule has 1 aromatic heterocycles. The molecule has 3 N–H and O–H groups in total. The summed E-state index contributed by atoms with van der Waals surface area (Å²) in [6, 6.07) is 7.06. The second kappa shape index (κ2) is 10.8. The van der Waals surface area contributed by atoms with Crippen LogP contribution in [-0.2, 0) is 19.4 Å². The van der Waals surface area contributed by atoms with Gasteiger partial charge in [0.1, 0.15) is 5.82 Å². The zero-order valence-corrected chi connectivity index (χ0v) is 19.1. The van der Waals surface area contributed by atoms with Crippen molar-refractivity contribution in [2.24, 2.45) is 11.3 Å². The van der Waals surface area contributed by atoms with Gasteiger partial charge in [-0.1, -0.05) is 53.7 Å². The van der Waals surface area contributed by atoms with Crippen LogP contribution in [0, 0.1) is 11.3 Å². The zero-order chi connectivity index (χ0) is 21.4. The lowest BCUT2D eigenvalue weighted by Crippen LogP contribution is -2.24. The fraction of sp³-hybridized carbons (Fsp3) is 0.625. The van der Waals surface area contributed by atoms with Crippen molar-refractivity contribution in [2.75, 3.05) is 6.54 Å². The molecular weight excluding hydrogens is 360 g/mol. The van der Waals surface area contributed by atoms with Gasteiger partial charge < -0.3 is 9.88 Å². The number of nitrogens with zero attached hydrogens (tertiary/aromatic N) is 2. The molecule has 0 amide bonds. The normalized spacial score (nSPS) is 13.7. The molecule has 0 bridgehead atoms. The highest BCUT2D eigenvalue weighted by Gasteiger charge is 2.19. The van der Waals surface area contributed by atoms with Gasteiger partial charge in [0, 0.05) is 25.2 Å². The minimum Gasteiger partial charge on any atom is -0.328 e. The van der Waals surface area contributed by atoms with Gasteiger partial charge >= 0.3 is 0 Å². The Kier molecular flexibility index (Phi) is 8.72. The van der Waals surface area contributed by atoms with Crippen LogP contribution < -0.4 is 10.8 Å². The lowest BCUT2D eigenvalue weighted by atomic mass is 9.84. The number of hydrogen-bond acceptors (Lipinski definition) is 4. The van der Waals surface area contributed by atoms with E-state index in [1.807, 2.05) is 6.08 Å². The van der Waals surface area contributed by atoms with Crippen molar-refractivity contribution in [1.29, 1.82) is 0 Å². The van der Waals surface area contributed by atoms with Gasteiger partial charge in [0.15, 0.2) is 0 Å². The van der Waals surface area contributed by atoms with Gasteiger partial charge in [-0.25, -0.2) is 4.98 Å². The zero-order valence-electron chi connectivity index (χ0n) is 19.1. The maximum Gasteiger partial charge on any atom is 0.110 e. The quantitative estimate of drug-likeness (QED) is 0.364. The van der Waals surface area contributed by atoms with E-state index in [1.54, 1.807) is 6.20 Å². The molecule has 0 saturated heterocycles. The van der Waals surface area contributed by atoms with Crippen LogP contribution >= 0.6 is 0 Å². The van der Waals surface area contributed by atoms with E-state index in [1.165, 1.54) is 23.3 Å². The largest absolute Gasteiger partial charge is 0.328 e. The number of aromatic nitrogens is 2. The van der Waals surface area contributed by atoms with E-state index >= 15 is 0 Å². The van der Waals surface area contributed by atoms with E-state index < -0.39 is 0 Å². The van der Waals surface area contributed by atoms with E-state index in [0.29, 0.717) is 17.4 Å². The molecule has 162 valence electrons. The predicted octanol–water partition coefficient (Wildman–Crippen LogP) is 5.07. The van der Waals surface area contributed by atoms with Crippen molar-refractivity contribution in [1.82, 2.24) is 20.3 Å². The molecular formula is C24H40N4O. The molecule has 0 aliphatic heterocycles. The summed E-state index contributed by atoms with van der Waals surface area (Å²) < 4.78 is 2.42. The van der Waals surface area contributed by atoms with Crippen LogP contribution in [0.1, 0.15) is 65.8 Å². The molecule has 2 aromatic rings. The maximum atomic E-state index is 8.70. The Morgan fingerprint density at radius 3 is 2.62 bits per heavy atom. The number of imidazole rings is 1. The molecule has 5 heteroatoms. The molecule has 0 aliphatic rings. The second-order valence-corrected chi connectivity index (χ2v) is 9.77. The van der Waals surface area contributed by atoms with Gasteiger partial charge in [-0.15, -0.1) is 0 Å². The maximum absolute atomic E-state index is 8.70. The van der Waals surface area contributed by atoms with E-state index in [9.17, 15) is 0 Å². The minimum absolute atomic E-state index is 0.331. The van der Waals surface area contributed by atoms with E-state index in [4.69, 9.17) is 10.2 Å². The van der Waals surface area contributed by atoms with Crippen LogP contribution in [0.15, 0.2) is 30.5 Å². The van der Waals surface area contributed by atoms with Gasteiger partial charge in [0.25, 0.3) is 0 Å². The van der Waals surface area contributed by atoms with E-state index in [-0.39, 0.29) is 0 Å². The first-order valence-corrected chi connectivity index (χ1v) is 11.0. The topological polar surface area (TPSA) is 62.1 Å². The number of aryl methyl sites for hydroxylation is 1. The Balaban J connectivity index is 2.24. The number of fused-ring (bicyclic) bond motifs is 1. The summed E-state index contributed by atoms with van der Waals surface area (Å²) in [5.41, 5.74) is 5.88. The number of allylic oxidation sites excluding steroid dienone is 1. The monoisotopic (exact) mass is 400 g/mol. The number of nitrogens with one attached hydrogen (secondary N) is 2. The lowest BCUT2D eigenvalue weighted by Gasteiger charge is -2.23. The standard InChI is InChI=1S/C24H40N4O/c1-18(2)25-12-8-14-28-22-11-10-20(9-7-13-26-29)16-21(22)27-23(28)15-19(3)17-24(4,5)6/h7,10-11,13,16,18-19,25-26,29H,8-9,12,14-15,17H2,1-6H3/b13-7+. The highest BCUT2D eigenvalue weighted by atomic mass is 16.5. The Bertz CT molecular complexity index is 786. The molecule has 1 heterocycles. The highest BCUT2D eigenvalue weighted by Crippen LogP contribution is 2.28. The van der Waals surface area contributed by atoms with Gasteiger partial charge in [-0.05, 0) is 54.8 Å². The Morgan fingerprint density at radius 2 is 1.97 bits per heavy atom. The molecule has 29 heavy (non-hydrogen) atoms. The first-order valence-electron chi connectivity index (χ1n) is 11.0. The van der Waals surface area contributed by atoms with Crippen LogP contribution in [0.4, 0.5) is 0 Å². The molecule has 0 fully saturated rings. The Morgan fingerprint density at radius 1 is 1.21 bits per heavy atom. The van der Waals surface area contributed by atoms with Crippen LogP contribution in [0.5, 0.6) is 0 Å². The number of hydrogen-bond donors (Lipinski definition) is 3. The fourth-order valence-electron chi connectivity index (χ4n) is 4.06. The molecule has 1 atom stereocenters. The molecule has 2 rings (SSSR count). The smallest absolute Gasteiger partial charge is 0.110 e. The van der Waals surface area contributed by atoms with Crippen LogP contribution in [0.3, 0.4) is 0 Å². The number of rotatable bonds is 11. The van der Waals surface area contributed by atoms with Gasteiger partial charge in [-0.2, -0.15) is 0 Å². The summed E-state index contributed by atoms with van der Waals surface area (Å²) in [6.07, 6.45) is 7.51. The number of benzene rings is 1. The van der Waals surface area contributed by atoms with Crippen molar-refractivity contribution in [3.63, 3.8) is 0 Å². The molecule has 1 unspecified atom stereocenters. The van der Waals surface area contributed by atoms with Gasteiger partial charge in [0.2, 0.25) is 0 Å². The molecule has 1 aromatic carbocycles. The van der Waals surface area contributed by atoms with Gasteiger partial charge in [-0.3, -0.25) is 10.7 Å². The van der Waals surface area contributed by atoms with Crippen LogP contribution in [0.25, 0.3) is 11.0 Å². The molecule has 0 aliphatic carbocycles. The first-order chi connectivity index (χ1) is 13.7. The average Bonchev–Trinajstić information content (AvgIpc) is 2.93. The molecule has 0 saturated carbocycles. The lowest BCUT2D eigenvalue weighted by molar-refractivity contribution is 0.214. The minimum atomic E-state index is 0.331. The third kappa shape index (κ3) is 7.82. The molecule has 5 nitrogen and oxygen atoms in total. The average molecular weight is 401 g/mol. The summed E-state index contributed by atoms with van der Waals surface area (Å²) >= 11 is 0. The first kappa shape index (κ1) is 23.4. The summed E-state index contributed by atoms with van der Waals surface area (Å²) in [5.74, 6) is 1.79. The van der Waals surface area contributed by atoms with Crippen molar-refractivity contribution in [3.05, 3.63) is 41.9 Å². The molecule has 0 spiro atoms. The van der Waals surface area contributed by atoms with E-state index in [2.05, 4.69) is 75.1 Å². The van der Waals surface area contributed by atoms with Crippen molar-refractivity contribution >= 4 is 11.0 Å². The summed E-state index contributed by atoms with van der Waals surface area (Å²) in [6.45, 7) is 15.7. The third-order valence-electron chi connectivity index (χ3n) is 5.04.